The molecule has 0 heterocycles. The number of carbonyl (C=O) groups is 1. The fourth-order valence-corrected chi connectivity index (χ4v) is 2.10. The first-order valence-electron chi connectivity index (χ1n) is 7.32. The number of ether oxygens (including phenoxy) is 2. The Hall–Kier alpha value is -1.55. The van der Waals surface area contributed by atoms with Crippen molar-refractivity contribution < 1.29 is 19.4 Å². The maximum atomic E-state index is 11.8. The van der Waals surface area contributed by atoms with Crippen molar-refractivity contribution in [3.8, 4) is 5.75 Å². The van der Waals surface area contributed by atoms with Crippen LogP contribution in [0.25, 0.3) is 0 Å². The Kier molecular flexibility index (Phi) is 6.21. The third-order valence-corrected chi connectivity index (χ3v) is 3.21. The van der Waals surface area contributed by atoms with Crippen LogP contribution in [0.5, 0.6) is 5.75 Å². The zero-order chi connectivity index (χ0) is 16.0. The number of phenolic OH excluding ortho intramolecular Hbond substituents is 1. The van der Waals surface area contributed by atoms with Crippen LogP contribution >= 0.6 is 0 Å². The molecular formula is C17H26O4. The first-order valence-corrected chi connectivity index (χ1v) is 7.32. The number of aromatic hydroxyl groups is 1. The number of hydrogen-bond acceptors (Lipinski definition) is 4. The van der Waals surface area contributed by atoms with Crippen LogP contribution in [0.3, 0.4) is 0 Å². The van der Waals surface area contributed by atoms with E-state index >= 15 is 0 Å². The lowest BCUT2D eigenvalue weighted by Gasteiger charge is -2.22. The average Bonchev–Trinajstić information content (AvgIpc) is 2.37. The van der Waals surface area contributed by atoms with Crippen molar-refractivity contribution >= 4 is 5.97 Å². The van der Waals surface area contributed by atoms with Gasteiger partial charge in [0.05, 0.1) is 13.0 Å². The highest BCUT2D eigenvalue weighted by Gasteiger charge is 2.20. The van der Waals surface area contributed by atoms with Crippen molar-refractivity contribution in [1.82, 2.24) is 0 Å². The zero-order valence-corrected chi connectivity index (χ0v) is 13.7. The average molecular weight is 294 g/mol. The van der Waals surface area contributed by atoms with E-state index in [9.17, 15) is 9.90 Å². The summed E-state index contributed by atoms with van der Waals surface area (Å²) >= 11 is 0. The second-order valence-electron chi connectivity index (χ2n) is 6.15. The molecule has 118 valence electrons. The molecule has 0 spiro atoms. The van der Waals surface area contributed by atoms with Crippen LogP contribution < -0.4 is 0 Å². The fraction of sp³-hybridized carbons (Fsp3) is 0.588. The SMILES string of the molecule is CCOCCOC(=O)Cc1cc(C)c(O)c(C(C)(C)C)c1. The Morgan fingerprint density at radius 3 is 2.48 bits per heavy atom. The number of carbonyl (C=O) groups excluding carboxylic acids is 1. The summed E-state index contributed by atoms with van der Waals surface area (Å²) in [6, 6.07) is 3.71. The van der Waals surface area contributed by atoms with Gasteiger partial charge in [-0.25, -0.2) is 0 Å². The van der Waals surface area contributed by atoms with Crippen LogP contribution in [-0.2, 0) is 26.1 Å². The number of benzene rings is 1. The van der Waals surface area contributed by atoms with Crippen molar-refractivity contribution in [1.29, 1.82) is 0 Å². The van der Waals surface area contributed by atoms with Gasteiger partial charge in [0.15, 0.2) is 0 Å². The first kappa shape index (κ1) is 17.5. The molecule has 1 N–H and O–H groups in total. The Morgan fingerprint density at radius 2 is 1.90 bits per heavy atom. The molecule has 1 aromatic carbocycles. The van der Waals surface area contributed by atoms with Gasteiger partial charge in [0, 0.05) is 6.61 Å². The normalized spacial score (nSPS) is 11.5. The van der Waals surface area contributed by atoms with Gasteiger partial charge in [0.1, 0.15) is 12.4 Å². The minimum atomic E-state index is -0.278. The lowest BCUT2D eigenvalue weighted by atomic mass is 9.84. The highest BCUT2D eigenvalue weighted by molar-refractivity contribution is 5.73. The van der Waals surface area contributed by atoms with E-state index in [-0.39, 0.29) is 24.4 Å². The summed E-state index contributed by atoms with van der Waals surface area (Å²) in [6.07, 6.45) is 0.205. The first-order chi connectivity index (χ1) is 9.75. The number of aryl methyl sites for hydroxylation is 1. The molecule has 0 aliphatic carbocycles. The third kappa shape index (κ3) is 5.38. The molecule has 4 nitrogen and oxygen atoms in total. The van der Waals surface area contributed by atoms with E-state index in [1.165, 1.54) is 0 Å². The Labute approximate surface area is 127 Å². The van der Waals surface area contributed by atoms with Crippen LogP contribution in [0, 0.1) is 6.92 Å². The summed E-state index contributed by atoms with van der Waals surface area (Å²) in [5.41, 5.74) is 2.31. The van der Waals surface area contributed by atoms with Gasteiger partial charge in [-0.15, -0.1) is 0 Å². The third-order valence-electron chi connectivity index (χ3n) is 3.21. The molecule has 0 aromatic heterocycles. The Bertz CT molecular complexity index is 486. The molecule has 0 bridgehead atoms. The largest absolute Gasteiger partial charge is 0.507 e. The monoisotopic (exact) mass is 294 g/mol. The number of esters is 1. The summed E-state index contributed by atoms with van der Waals surface area (Å²) in [6.45, 7) is 11.1. The molecule has 0 fully saturated rings. The van der Waals surface area contributed by atoms with E-state index < -0.39 is 0 Å². The van der Waals surface area contributed by atoms with Crippen LogP contribution in [0.2, 0.25) is 0 Å². The number of rotatable bonds is 6. The summed E-state index contributed by atoms with van der Waals surface area (Å²) in [4.78, 5) is 11.8. The predicted molar refractivity (Wildman–Crippen MR) is 82.7 cm³/mol. The summed E-state index contributed by atoms with van der Waals surface area (Å²) < 4.78 is 10.2. The smallest absolute Gasteiger partial charge is 0.310 e. The molecule has 0 saturated heterocycles. The number of hydrogen-bond donors (Lipinski definition) is 1. The van der Waals surface area contributed by atoms with Gasteiger partial charge in [0.2, 0.25) is 0 Å². The van der Waals surface area contributed by atoms with E-state index in [4.69, 9.17) is 9.47 Å². The molecule has 0 aliphatic heterocycles. The fourth-order valence-electron chi connectivity index (χ4n) is 2.10. The molecule has 0 aliphatic rings. The van der Waals surface area contributed by atoms with Gasteiger partial charge in [-0.3, -0.25) is 4.79 Å². The molecule has 0 amide bonds. The van der Waals surface area contributed by atoms with Gasteiger partial charge in [-0.2, -0.15) is 0 Å². The van der Waals surface area contributed by atoms with Crippen LogP contribution in [0.15, 0.2) is 12.1 Å². The molecule has 1 rings (SSSR count). The van der Waals surface area contributed by atoms with Crippen LogP contribution in [0.4, 0.5) is 0 Å². The highest BCUT2D eigenvalue weighted by Crippen LogP contribution is 2.34. The van der Waals surface area contributed by atoms with E-state index in [0.717, 1.165) is 16.7 Å². The van der Waals surface area contributed by atoms with Crippen molar-refractivity contribution in [2.45, 2.75) is 46.5 Å². The minimum Gasteiger partial charge on any atom is -0.507 e. The molecule has 4 heteroatoms. The zero-order valence-electron chi connectivity index (χ0n) is 13.7. The van der Waals surface area contributed by atoms with Gasteiger partial charge < -0.3 is 14.6 Å². The van der Waals surface area contributed by atoms with E-state index in [0.29, 0.717) is 19.0 Å². The maximum absolute atomic E-state index is 11.8. The molecule has 0 unspecified atom stereocenters. The second-order valence-corrected chi connectivity index (χ2v) is 6.15. The Balaban J connectivity index is 2.76. The molecule has 1 aromatic rings. The molecule has 0 atom stereocenters. The highest BCUT2D eigenvalue weighted by atomic mass is 16.6. The quantitative estimate of drug-likeness (QED) is 0.647. The second kappa shape index (κ2) is 7.46. The van der Waals surface area contributed by atoms with Gasteiger partial charge in [-0.05, 0) is 36.0 Å². The predicted octanol–water partition coefficient (Wildman–Crippen LogP) is 3.12. The van der Waals surface area contributed by atoms with Gasteiger partial charge in [-0.1, -0.05) is 32.9 Å². The van der Waals surface area contributed by atoms with Crippen molar-refractivity contribution in [3.05, 3.63) is 28.8 Å². The maximum Gasteiger partial charge on any atom is 0.310 e. The lowest BCUT2D eigenvalue weighted by molar-refractivity contribution is -0.144. The van der Waals surface area contributed by atoms with E-state index in [1.807, 2.05) is 46.8 Å². The van der Waals surface area contributed by atoms with Crippen molar-refractivity contribution in [3.63, 3.8) is 0 Å². The van der Waals surface area contributed by atoms with Crippen molar-refractivity contribution in [2.75, 3.05) is 19.8 Å². The summed E-state index contributed by atoms with van der Waals surface area (Å²) in [7, 11) is 0. The van der Waals surface area contributed by atoms with Crippen LogP contribution in [-0.4, -0.2) is 30.9 Å². The molecule has 0 saturated carbocycles. The molecular weight excluding hydrogens is 268 g/mol. The van der Waals surface area contributed by atoms with Crippen LogP contribution in [0.1, 0.15) is 44.4 Å². The summed E-state index contributed by atoms with van der Waals surface area (Å²) in [5, 5.41) is 10.2. The number of phenols is 1. The van der Waals surface area contributed by atoms with Gasteiger partial charge >= 0.3 is 5.97 Å². The van der Waals surface area contributed by atoms with Crippen molar-refractivity contribution in [2.24, 2.45) is 0 Å². The Morgan fingerprint density at radius 1 is 1.24 bits per heavy atom. The summed E-state index contributed by atoms with van der Waals surface area (Å²) in [5.74, 6) is 0.0237. The van der Waals surface area contributed by atoms with E-state index in [1.54, 1.807) is 0 Å². The lowest BCUT2D eigenvalue weighted by Crippen LogP contribution is -2.15. The molecule has 0 radical (unpaired) electrons. The topological polar surface area (TPSA) is 55.8 Å². The standard InChI is InChI=1S/C17H26O4/c1-6-20-7-8-21-15(18)11-13-9-12(2)16(19)14(10-13)17(3,4)5/h9-10,19H,6-8,11H2,1-5H3. The molecule has 21 heavy (non-hydrogen) atoms. The minimum absolute atomic E-state index is 0.177. The van der Waals surface area contributed by atoms with Gasteiger partial charge in [0.25, 0.3) is 0 Å². The van der Waals surface area contributed by atoms with E-state index in [2.05, 4.69) is 0 Å².